The molecule has 2 unspecified atom stereocenters. The van der Waals surface area contributed by atoms with Gasteiger partial charge < -0.3 is 10.1 Å². The van der Waals surface area contributed by atoms with Crippen molar-refractivity contribution in [2.45, 2.75) is 52.4 Å². The topological polar surface area (TPSA) is 42.3 Å². The lowest BCUT2D eigenvalue weighted by atomic mass is 10.0. The van der Waals surface area contributed by atoms with Crippen molar-refractivity contribution in [2.24, 2.45) is 0 Å². The minimum absolute atomic E-state index is 0.188. The molecule has 0 aliphatic carbocycles. The van der Waals surface area contributed by atoms with Crippen molar-refractivity contribution in [1.29, 1.82) is 0 Å². The van der Waals surface area contributed by atoms with Crippen LogP contribution in [-0.2, 0) is 11.3 Å². The third kappa shape index (κ3) is 3.40. The lowest BCUT2D eigenvalue weighted by Gasteiger charge is -2.39. The second kappa shape index (κ2) is 7.20. The molecular weight excluding hydrogens is 252 g/mol. The van der Waals surface area contributed by atoms with Crippen molar-refractivity contribution < 1.29 is 4.74 Å². The monoisotopic (exact) mass is 280 g/mol. The molecule has 0 spiro atoms. The molecule has 2 rings (SSSR count). The molecule has 0 bridgehead atoms. The normalized spacial score (nSPS) is 22.4. The molecule has 0 radical (unpaired) electrons. The van der Waals surface area contributed by atoms with Gasteiger partial charge >= 0.3 is 0 Å². The highest BCUT2D eigenvalue weighted by Gasteiger charge is 2.31. The molecule has 1 aromatic heterocycles. The summed E-state index contributed by atoms with van der Waals surface area (Å²) in [5, 5.41) is 7.97. The van der Waals surface area contributed by atoms with Crippen LogP contribution >= 0.6 is 0 Å². The van der Waals surface area contributed by atoms with Crippen molar-refractivity contribution in [3.63, 3.8) is 0 Å². The van der Waals surface area contributed by atoms with E-state index in [1.54, 1.807) is 0 Å². The largest absolute Gasteiger partial charge is 0.374 e. The smallest absolute Gasteiger partial charge is 0.0912 e. The van der Waals surface area contributed by atoms with E-state index in [0.717, 1.165) is 32.8 Å². The molecule has 2 heterocycles. The van der Waals surface area contributed by atoms with Crippen LogP contribution in [0.1, 0.15) is 39.4 Å². The van der Waals surface area contributed by atoms with Gasteiger partial charge in [0.15, 0.2) is 0 Å². The Morgan fingerprint density at radius 1 is 1.45 bits per heavy atom. The predicted octanol–water partition coefficient (Wildman–Crippen LogP) is 1.66. The van der Waals surface area contributed by atoms with Crippen molar-refractivity contribution >= 4 is 0 Å². The lowest BCUT2D eigenvalue weighted by Crippen LogP contribution is -2.50. The highest BCUT2D eigenvalue weighted by Crippen LogP contribution is 2.23. The van der Waals surface area contributed by atoms with E-state index in [0.29, 0.717) is 6.04 Å². The molecule has 1 saturated heterocycles. The molecule has 5 nitrogen and oxygen atoms in total. The van der Waals surface area contributed by atoms with Gasteiger partial charge in [0, 0.05) is 31.9 Å². The standard InChI is InChI=1S/C15H28N4O/c1-5-16-15(13-7-8-17-19(13)6-2)14-11-18(12(3)4)9-10-20-14/h7-8,12,14-16H,5-6,9-11H2,1-4H3. The summed E-state index contributed by atoms with van der Waals surface area (Å²) >= 11 is 0. The van der Waals surface area contributed by atoms with Crippen LogP contribution in [0, 0.1) is 0 Å². The molecule has 1 N–H and O–H groups in total. The first kappa shape index (κ1) is 15.5. The zero-order valence-electron chi connectivity index (χ0n) is 13.2. The Balaban J connectivity index is 2.15. The van der Waals surface area contributed by atoms with Gasteiger partial charge in [0.1, 0.15) is 0 Å². The van der Waals surface area contributed by atoms with Crippen LogP contribution in [0.2, 0.25) is 0 Å². The van der Waals surface area contributed by atoms with Gasteiger partial charge in [-0.05, 0) is 33.4 Å². The van der Waals surface area contributed by atoms with Crippen LogP contribution in [-0.4, -0.2) is 53.1 Å². The van der Waals surface area contributed by atoms with E-state index in [9.17, 15) is 0 Å². The molecule has 114 valence electrons. The van der Waals surface area contributed by atoms with E-state index in [1.807, 2.05) is 6.20 Å². The summed E-state index contributed by atoms with van der Waals surface area (Å²) < 4.78 is 8.11. The number of rotatable bonds is 6. The fourth-order valence-corrected chi connectivity index (χ4v) is 2.88. The maximum absolute atomic E-state index is 6.05. The molecule has 1 aliphatic heterocycles. The summed E-state index contributed by atoms with van der Waals surface area (Å²) in [6.45, 7) is 13.4. The molecule has 20 heavy (non-hydrogen) atoms. The Labute approximate surface area is 122 Å². The number of ether oxygens (including phenoxy) is 1. The van der Waals surface area contributed by atoms with Crippen LogP contribution in [0.4, 0.5) is 0 Å². The Bertz CT molecular complexity index is 404. The number of nitrogens with one attached hydrogen (secondary N) is 1. The molecule has 5 heteroatoms. The van der Waals surface area contributed by atoms with E-state index in [4.69, 9.17) is 4.74 Å². The van der Waals surface area contributed by atoms with Gasteiger partial charge in [0.05, 0.1) is 24.4 Å². The SMILES string of the molecule is CCNC(c1ccnn1CC)C1CN(C(C)C)CCO1. The zero-order chi connectivity index (χ0) is 14.5. The fourth-order valence-electron chi connectivity index (χ4n) is 2.88. The van der Waals surface area contributed by atoms with Gasteiger partial charge in [-0.3, -0.25) is 9.58 Å². The van der Waals surface area contributed by atoms with E-state index in [1.165, 1.54) is 5.69 Å². The molecule has 1 aromatic rings. The molecule has 0 amide bonds. The van der Waals surface area contributed by atoms with Gasteiger partial charge in [-0.15, -0.1) is 0 Å². The summed E-state index contributed by atoms with van der Waals surface area (Å²) in [7, 11) is 0. The van der Waals surface area contributed by atoms with Crippen LogP contribution in [0.5, 0.6) is 0 Å². The van der Waals surface area contributed by atoms with Crippen LogP contribution in [0.15, 0.2) is 12.3 Å². The highest BCUT2D eigenvalue weighted by atomic mass is 16.5. The Hall–Kier alpha value is -0.910. The van der Waals surface area contributed by atoms with Gasteiger partial charge in [-0.25, -0.2) is 0 Å². The van der Waals surface area contributed by atoms with Crippen LogP contribution in [0.3, 0.4) is 0 Å². The zero-order valence-corrected chi connectivity index (χ0v) is 13.2. The molecule has 1 fully saturated rings. The number of morpholine rings is 1. The highest BCUT2D eigenvalue weighted by molar-refractivity contribution is 5.10. The number of nitrogens with zero attached hydrogens (tertiary/aromatic N) is 3. The number of hydrogen-bond donors (Lipinski definition) is 1. The average molecular weight is 280 g/mol. The van der Waals surface area contributed by atoms with Crippen molar-refractivity contribution in [3.05, 3.63) is 18.0 Å². The summed E-state index contributed by atoms with van der Waals surface area (Å²) in [6.07, 6.45) is 2.07. The average Bonchev–Trinajstić information content (AvgIpc) is 2.93. The fraction of sp³-hybridized carbons (Fsp3) is 0.800. The van der Waals surface area contributed by atoms with Gasteiger partial charge in [-0.2, -0.15) is 5.10 Å². The summed E-state index contributed by atoms with van der Waals surface area (Å²) in [6, 6.07) is 2.89. The second-order valence-electron chi connectivity index (χ2n) is 5.61. The quantitative estimate of drug-likeness (QED) is 0.860. The molecule has 0 saturated carbocycles. The van der Waals surface area contributed by atoms with E-state index < -0.39 is 0 Å². The van der Waals surface area contributed by atoms with Gasteiger partial charge in [-0.1, -0.05) is 6.92 Å². The summed E-state index contributed by atoms with van der Waals surface area (Å²) in [5.41, 5.74) is 1.23. The van der Waals surface area contributed by atoms with Crippen molar-refractivity contribution in [2.75, 3.05) is 26.2 Å². The van der Waals surface area contributed by atoms with E-state index >= 15 is 0 Å². The van der Waals surface area contributed by atoms with Crippen molar-refractivity contribution in [1.82, 2.24) is 20.0 Å². The van der Waals surface area contributed by atoms with Crippen LogP contribution < -0.4 is 5.32 Å². The van der Waals surface area contributed by atoms with E-state index in [2.05, 4.69) is 53.8 Å². The minimum atomic E-state index is 0.188. The first-order valence-corrected chi connectivity index (χ1v) is 7.78. The predicted molar refractivity (Wildman–Crippen MR) is 80.8 cm³/mol. The molecule has 1 aliphatic rings. The summed E-state index contributed by atoms with van der Waals surface area (Å²) in [4.78, 5) is 2.49. The first-order chi connectivity index (χ1) is 9.67. The number of likely N-dealkylation sites (N-methyl/N-ethyl adjacent to an activating group) is 1. The Kier molecular flexibility index (Phi) is 5.57. The molecule has 2 atom stereocenters. The first-order valence-electron chi connectivity index (χ1n) is 7.78. The maximum atomic E-state index is 6.05. The maximum Gasteiger partial charge on any atom is 0.0912 e. The van der Waals surface area contributed by atoms with E-state index in [-0.39, 0.29) is 12.1 Å². The minimum Gasteiger partial charge on any atom is -0.374 e. The van der Waals surface area contributed by atoms with Gasteiger partial charge in [0.25, 0.3) is 0 Å². The Morgan fingerprint density at radius 3 is 2.90 bits per heavy atom. The second-order valence-corrected chi connectivity index (χ2v) is 5.61. The number of hydrogen-bond acceptors (Lipinski definition) is 4. The summed E-state index contributed by atoms with van der Waals surface area (Å²) in [5.74, 6) is 0. The molecular formula is C15H28N4O. The van der Waals surface area contributed by atoms with Gasteiger partial charge in [0.2, 0.25) is 0 Å². The molecule has 0 aromatic carbocycles. The number of aromatic nitrogens is 2. The third-order valence-corrected chi connectivity index (χ3v) is 4.02. The lowest BCUT2D eigenvalue weighted by molar-refractivity contribution is -0.0570. The van der Waals surface area contributed by atoms with Crippen molar-refractivity contribution in [3.8, 4) is 0 Å². The Morgan fingerprint density at radius 2 is 2.25 bits per heavy atom. The third-order valence-electron chi connectivity index (χ3n) is 4.02. The van der Waals surface area contributed by atoms with Crippen LogP contribution in [0.25, 0.3) is 0 Å². The number of aryl methyl sites for hydroxylation is 1.